The van der Waals surface area contributed by atoms with Gasteiger partial charge < -0.3 is 14.9 Å². The monoisotopic (exact) mass is 380 g/mol. The smallest absolute Gasteiger partial charge is 0.323 e. The summed E-state index contributed by atoms with van der Waals surface area (Å²) in [7, 11) is 3.23. The van der Waals surface area contributed by atoms with Crippen molar-refractivity contribution >= 4 is 23.5 Å². The molecule has 1 aliphatic heterocycles. The van der Waals surface area contributed by atoms with Crippen molar-refractivity contribution in [3.63, 3.8) is 0 Å². The van der Waals surface area contributed by atoms with E-state index in [1.165, 1.54) is 11.9 Å². The molecule has 0 bridgehead atoms. The van der Waals surface area contributed by atoms with Crippen LogP contribution in [-0.4, -0.2) is 48.4 Å². The van der Waals surface area contributed by atoms with Gasteiger partial charge in [-0.25, -0.2) is 0 Å². The number of carboxylic acids is 1. The lowest BCUT2D eigenvalue weighted by atomic mass is 9.73. The Hall–Kier alpha value is -3.15. The summed E-state index contributed by atoms with van der Waals surface area (Å²) >= 11 is 0. The number of nitrogens with zero attached hydrogens (tertiary/aromatic N) is 2. The number of fused-ring (bicyclic) bond motifs is 1. The van der Waals surface area contributed by atoms with E-state index in [1.807, 2.05) is 54.6 Å². The molecular formula is C22H24N2O4. The maximum absolute atomic E-state index is 13.4. The second kappa shape index (κ2) is 7.84. The molecular weight excluding hydrogens is 356 g/mol. The van der Waals surface area contributed by atoms with Crippen molar-refractivity contribution in [3.05, 3.63) is 65.7 Å². The van der Waals surface area contributed by atoms with E-state index in [2.05, 4.69) is 0 Å². The van der Waals surface area contributed by atoms with E-state index in [1.54, 1.807) is 11.9 Å². The van der Waals surface area contributed by atoms with E-state index < -0.39 is 11.4 Å². The number of anilines is 1. The van der Waals surface area contributed by atoms with Gasteiger partial charge in [-0.3, -0.25) is 14.4 Å². The maximum Gasteiger partial charge on any atom is 0.323 e. The normalized spacial score (nSPS) is 18.1. The third-order valence-electron chi connectivity index (χ3n) is 5.41. The maximum atomic E-state index is 13.4. The second-order valence-corrected chi connectivity index (χ2v) is 7.27. The van der Waals surface area contributed by atoms with Crippen LogP contribution in [0.1, 0.15) is 24.0 Å². The average Bonchev–Trinajstić information content (AvgIpc) is 2.89. The Balaban J connectivity index is 1.94. The fourth-order valence-corrected chi connectivity index (χ4v) is 3.96. The van der Waals surface area contributed by atoms with Crippen LogP contribution in [0.25, 0.3) is 0 Å². The molecule has 6 nitrogen and oxygen atoms in total. The zero-order valence-corrected chi connectivity index (χ0v) is 16.1. The van der Waals surface area contributed by atoms with Crippen LogP contribution in [-0.2, 0) is 26.2 Å². The number of carbonyl (C=O) groups excluding carboxylic acids is 2. The van der Waals surface area contributed by atoms with Crippen molar-refractivity contribution in [2.45, 2.75) is 24.7 Å². The van der Waals surface area contributed by atoms with Gasteiger partial charge in [-0.05, 0) is 30.0 Å². The number of rotatable bonds is 7. The van der Waals surface area contributed by atoms with Gasteiger partial charge in [0, 0.05) is 26.2 Å². The molecule has 0 saturated carbocycles. The molecule has 1 heterocycles. The summed E-state index contributed by atoms with van der Waals surface area (Å²) in [5, 5.41) is 8.91. The number of benzene rings is 2. The van der Waals surface area contributed by atoms with E-state index in [4.69, 9.17) is 5.11 Å². The van der Waals surface area contributed by atoms with Crippen LogP contribution in [0, 0.1) is 0 Å². The van der Waals surface area contributed by atoms with Crippen molar-refractivity contribution in [3.8, 4) is 0 Å². The van der Waals surface area contributed by atoms with Gasteiger partial charge in [-0.2, -0.15) is 0 Å². The van der Waals surface area contributed by atoms with E-state index in [0.717, 1.165) is 16.8 Å². The van der Waals surface area contributed by atoms with Crippen molar-refractivity contribution in [1.29, 1.82) is 0 Å². The standard InChI is InChI=1S/C22H24N2O4/c1-23(15-20(26)27)19(25)12-13-22(14-16-8-4-3-5-9-16)17-10-6-7-11-18(17)24(2)21(22)28/h3-11H,12-15H2,1-2H3,(H,26,27)/t22-/m1/s1. The van der Waals surface area contributed by atoms with Gasteiger partial charge in [0.1, 0.15) is 6.54 Å². The number of hydrogen-bond acceptors (Lipinski definition) is 3. The molecule has 1 aliphatic rings. The van der Waals surface area contributed by atoms with Gasteiger partial charge in [0.25, 0.3) is 0 Å². The van der Waals surface area contributed by atoms with Crippen molar-refractivity contribution in [1.82, 2.24) is 4.90 Å². The van der Waals surface area contributed by atoms with Gasteiger partial charge >= 0.3 is 5.97 Å². The second-order valence-electron chi connectivity index (χ2n) is 7.27. The molecule has 3 rings (SSSR count). The lowest BCUT2D eigenvalue weighted by molar-refractivity contribution is -0.143. The first-order valence-corrected chi connectivity index (χ1v) is 9.22. The molecule has 0 saturated heterocycles. The number of para-hydroxylation sites is 1. The Bertz CT molecular complexity index is 896. The number of aliphatic carboxylic acids is 1. The summed E-state index contributed by atoms with van der Waals surface area (Å²) in [4.78, 5) is 39.6. The minimum absolute atomic E-state index is 0.0359. The summed E-state index contributed by atoms with van der Waals surface area (Å²) in [6.07, 6.45) is 0.916. The SMILES string of the molecule is CN(CC(=O)O)C(=O)CC[C@]1(Cc2ccccc2)C(=O)N(C)c2ccccc21. The van der Waals surface area contributed by atoms with Crippen LogP contribution >= 0.6 is 0 Å². The number of carboxylic acid groups (broad SMARTS) is 1. The molecule has 0 aromatic heterocycles. The molecule has 0 spiro atoms. The van der Waals surface area contributed by atoms with Crippen molar-refractivity contribution in [2.75, 3.05) is 25.5 Å². The quantitative estimate of drug-likeness (QED) is 0.800. The third-order valence-corrected chi connectivity index (χ3v) is 5.41. The van der Waals surface area contributed by atoms with Crippen molar-refractivity contribution in [2.24, 2.45) is 0 Å². The number of amides is 2. The van der Waals surface area contributed by atoms with Gasteiger partial charge in [0.15, 0.2) is 0 Å². The first kappa shape index (κ1) is 19.6. The molecule has 2 amide bonds. The summed E-state index contributed by atoms with van der Waals surface area (Å²) in [5.74, 6) is -1.38. The predicted octanol–water partition coefficient (Wildman–Crippen LogP) is 2.47. The highest BCUT2D eigenvalue weighted by molar-refractivity contribution is 6.08. The molecule has 28 heavy (non-hydrogen) atoms. The summed E-state index contributed by atoms with van der Waals surface area (Å²) in [5.41, 5.74) is 1.95. The highest BCUT2D eigenvalue weighted by Crippen LogP contribution is 2.46. The Morgan fingerprint density at radius 3 is 2.39 bits per heavy atom. The Morgan fingerprint density at radius 2 is 1.71 bits per heavy atom. The molecule has 0 unspecified atom stereocenters. The Morgan fingerprint density at radius 1 is 1.07 bits per heavy atom. The summed E-state index contributed by atoms with van der Waals surface area (Å²) in [6.45, 7) is -0.352. The van der Waals surface area contributed by atoms with E-state index >= 15 is 0 Å². The summed E-state index contributed by atoms with van der Waals surface area (Å²) in [6, 6.07) is 17.4. The fraction of sp³-hybridized carbons (Fsp3) is 0.318. The highest BCUT2D eigenvalue weighted by atomic mass is 16.4. The lowest BCUT2D eigenvalue weighted by Gasteiger charge is -2.29. The topological polar surface area (TPSA) is 77.9 Å². The minimum atomic E-state index is -1.06. The first-order valence-electron chi connectivity index (χ1n) is 9.22. The molecule has 0 aliphatic carbocycles. The highest BCUT2D eigenvalue weighted by Gasteiger charge is 2.49. The van der Waals surface area contributed by atoms with Gasteiger partial charge in [-0.15, -0.1) is 0 Å². The minimum Gasteiger partial charge on any atom is -0.480 e. The molecule has 2 aromatic carbocycles. The van der Waals surface area contributed by atoms with Crippen LogP contribution < -0.4 is 4.90 Å². The van der Waals surface area contributed by atoms with Crippen LogP contribution in [0.3, 0.4) is 0 Å². The fourth-order valence-electron chi connectivity index (χ4n) is 3.96. The Kier molecular flexibility index (Phi) is 5.49. The van der Waals surface area contributed by atoms with Crippen molar-refractivity contribution < 1.29 is 19.5 Å². The van der Waals surface area contributed by atoms with E-state index in [9.17, 15) is 14.4 Å². The van der Waals surface area contributed by atoms with Gasteiger partial charge in [-0.1, -0.05) is 48.5 Å². The average molecular weight is 380 g/mol. The van der Waals surface area contributed by atoms with Crippen LogP contribution in [0.5, 0.6) is 0 Å². The molecule has 1 atom stereocenters. The molecule has 2 aromatic rings. The third kappa shape index (κ3) is 3.63. The van der Waals surface area contributed by atoms with Gasteiger partial charge in [0.05, 0.1) is 5.41 Å². The summed E-state index contributed by atoms with van der Waals surface area (Å²) < 4.78 is 0. The zero-order chi connectivity index (χ0) is 20.3. The molecule has 0 fully saturated rings. The largest absolute Gasteiger partial charge is 0.480 e. The van der Waals surface area contributed by atoms with Crippen LogP contribution in [0.4, 0.5) is 5.69 Å². The molecule has 1 N–H and O–H groups in total. The van der Waals surface area contributed by atoms with Crippen LogP contribution in [0.2, 0.25) is 0 Å². The molecule has 146 valence electrons. The number of likely N-dealkylation sites (N-methyl/N-ethyl adjacent to an activating group) is 2. The molecule has 6 heteroatoms. The van der Waals surface area contributed by atoms with Crippen LogP contribution in [0.15, 0.2) is 54.6 Å². The zero-order valence-electron chi connectivity index (χ0n) is 16.1. The number of hydrogen-bond donors (Lipinski definition) is 1. The molecule has 0 radical (unpaired) electrons. The van der Waals surface area contributed by atoms with E-state index in [0.29, 0.717) is 12.8 Å². The predicted molar refractivity (Wildman–Crippen MR) is 106 cm³/mol. The van der Waals surface area contributed by atoms with Gasteiger partial charge in [0.2, 0.25) is 11.8 Å². The van der Waals surface area contributed by atoms with E-state index in [-0.39, 0.29) is 24.8 Å². The Labute approximate surface area is 164 Å². The number of carbonyl (C=O) groups is 3. The lowest BCUT2D eigenvalue weighted by Crippen LogP contribution is -2.42. The first-order chi connectivity index (χ1) is 13.3.